The highest BCUT2D eigenvalue weighted by molar-refractivity contribution is 5.89. The lowest BCUT2D eigenvalue weighted by Gasteiger charge is -2.08. The molecule has 2 heterocycles. The van der Waals surface area contributed by atoms with Gasteiger partial charge in [0.05, 0.1) is 11.1 Å². The molecule has 1 aromatic carbocycles. The molecule has 0 amide bonds. The molecule has 0 aliphatic rings. The molecule has 3 rings (SSSR count). The van der Waals surface area contributed by atoms with Gasteiger partial charge in [-0.1, -0.05) is 18.2 Å². The lowest BCUT2D eigenvalue weighted by Crippen LogP contribution is -2.18. The Balaban J connectivity index is 1.58. The summed E-state index contributed by atoms with van der Waals surface area (Å²) in [5, 5.41) is 0. The summed E-state index contributed by atoms with van der Waals surface area (Å²) in [7, 11) is 3.18. The second-order valence-corrected chi connectivity index (χ2v) is 6.70. The van der Waals surface area contributed by atoms with Crippen LogP contribution in [0.5, 0.6) is 0 Å². The smallest absolute Gasteiger partial charge is 0.338 e. The van der Waals surface area contributed by atoms with Crippen molar-refractivity contribution >= 4 is 11.9 Å². The quantitative estimate of drug-likeness (QED) is 0.577. The fourth-order valence-corrected chi connectivity index (χ4v) is 2.62. The van der Waals surface area contributed by atoms with Crippen LogP contribution in [0, 0.1) is 0 Å². The molecule has 0 unspecified atom stereocenters. The number of carbonyl (C=O) groups is 2. The number of esters is 2. The molecular weight excluding hydrogens is 388 g/mol. The second-order valence-electron chi connectivity index (χ2n) is 6.70. The number of carbonyl (C=O) groups excluding carboxylic acids is 2. The van der Waals surface area contributed by atoms with Gasteiger partial charge < -0.3 is 18.6 Å². The summed E-state index contributed by atoms with van der Waals surface area (Å²) in [6.45, 7) is 0.00904. The maximum Gasteiger partial charge on any atom is 0.338 e. The third kappa shape index (κ3) is 5.11. The molecule has 0 saturated carbocycles. The van der Waals surface area contributed by atoms with E-state index in [1.165, 1.54) is 45.8 Å². The van der Waals surface area contributed by atoms with Gasteiger partial charge in [0.25, 0.3) is 11.1 Å². The lowest BCUT2D eigenvalue weighted by atomic mass is 10.1. The maximum atomic E-state index is 12.1. The SMILES string of the molecule is Cn1ccc(C(=O)OCc2cccc(COC(=O)c3ccn(C)c(=O)c3)c2)cc1=O. The summed E-state index contributed by atoms with van der Waals surface area (Å²) in [5.41, 5.74) is 1.16. The van der Waals surface area contributed by atoms with Crippen LogP contribution in [0.4, 0.5) is 0 Å². The van der Waals surface area contributed by atoms with E-state index < -0.39 is 11.9 Å². The lowest BCUT2D eigenvalue weighted by molar-refractivity contribution is 0.0471. The van der Waals surface area contributed by atoms with Crippen molar-refractivity contribution < 1.29 is 19.1 Å². The zero-order chi connectivity index (χ0) is 21.7. The Labute approximate surface area is 171 Å². The molecular formula is C22H20N2O6. The Morgan fingerprint density at radius 1 is 0.733 bits per heavy atom. The molecule has 0 aliphatic carbocycles. The molecule has 0 aliphatic heterocycles. The Morgan fingerprint density at radius 2 is 1.17 bits per heavy atom. The molecule has 0 fully saturated rings. The highest BCUT2D eigenvalue weighted by atomic mass is 16.5. The topological polar surface area (TPSA) is 96.6 Å². The third-order valence-electron chi connectivity index (χ3n) is 4.41. The minimum Gasteiger partial charge on any atom is -0.457 e. The van der Waals surface area contributed by atoms with Crippen LogP contribution in [0.15, 0.2) is 70.5 Å². The van der Waals surface area contributed by atoms with Gasteiger partial charge in [-0.2, -0.15) is 0 Å². The van der Waals surface area contributed by atoms with E-state index in [1.54, 1.807) is 38.4 Å². The van der Waals surface area contributed by atoms with Crippen LogP contribution in [-0.2, 0) is 36.8 Å². The van der Waals surface area contributed by atoms with E-state index in [-0.39, 0.29) is 35.5 Å². The van der Waals surface area contributed by atoms with Crippen molar-refractivity contribution in [3.8, 4) is 0 Å². The summed E-state index contributed by atoms with van der Waals surface area (Å²) >= 11 is 0. The summed E-state index contributed by atoms with van der Waals surface area (Å²) in [4.78, 5) is 47.5. The first kappa shape index (κ1) is 20.8. The zero-order valence-corrected chi connectivity index (χ0v) is 16.5. The number of hydrogen-bond acceptors (Lipinski definition) is 6. The Bertz CT molecular complexity index is 1120. The minimum atomic E-state index is -0.602. The first-order chi connectivity index (χ1) is 14.3. The third-order valence-corrected chi connectivity index (χ3v) is 4.41. The van der Waals surface area contributed by atoms with Gasteiger partial charge in [-0.25, -0.2) is 9.59 Å². The Kier molecular flexibility index (Phi) is 6.26. The van der Waals surface area contributed by atoms with Gasteiger partial charge in [-0.3, -0.25) is 9.59 Å². The molecule has 0 bridgehead atoms. The van der Waals surface area contributed by atoms with Gasteiger partial charge in [0.15, 0.2) is 0 Å². The first-order valence-corrected chi connectivity index (χ1v) is 9.09. The van der Waals surface area contributed by atoms with Crippen molar-refractivity contribution in [1.82, 2.24) is 9.13 Å². The highest BCUT2D eigenvalue weighted by Crippen LogP contribution is 2.11. The van der Waals surface area contributed by atoms with Gasteiger partial charge in [-0.15, -0.1) is 0 Å². The molecule has 3 aromatic rings. The number of aromatic nitrogens is 2. The summed E-state index contributed by atoms with van der Waals surface area (Å²) < 4.78 is 13.2. The second kappa shape index (κ2) is 9.04. The molecule has 0 atom stereocenters. The van der Waals surface area contributed by atoms with Gasteiger partial charge in [-0.05, 0) is 29.3 Å². The standard InChI is InChI=1S/C22H20N2O6/c1-23-8-6-17(11-19(23)25)21(27)29-13-15-4-3-5-16(10-15)14-30-22(28)18-7-9-24(2)20(26)12-18/h3-12H,13-14H2,1-2H3. The molecule has 8 nitrogen and oxygen atoms in total. The van der Waals surface area contributed by atoms with E-state index in [9.17, 15) is 19.2 Å². The molecule has 2 aromatic heterocycles. The number of nitrogens with zero attached hydrogens (tertiary/aromatic N) is 2. The van der Waals surface area contributed by atoms with E-state index in [1.807, 2.05) is 0 Å². The fraction of sp³-hybridized carbons (Fsp3) is 0.182. The molecule has 0 spiro atoms. The average molecular weight is 408 g/mol. The van der Waals surface area contributed by atoms with Crippen molar-refractivity contribution in [1.29, 1.82) is 0 Å². The molecule has 8 heteroatoms. The van der Waals surface area contributed by atoms with Gasteiger partial charge in [0.2, 0.25) is 0 Å². The molecule has 0 radical (unpaired) electrons. The van der Waals surface area contributed by atoms with Crippen LogP contribution in [0.2, 0.25) is 0 Å². The first-order valence-electron chi connectivity index (χ1n) is 9.09. The predicted molar refractivity (Wildman–Crippen MR) is 108 cm³/mol. The summed E-state index contributed by atoms with van der Waals surface area (Å²) in [6, 6.07) is 12.5. The Morgan fingerprint density at radius 3 is 1.57 bits per heavy atom. The number of rotatable bonds is 6. The predicted octanol–water partition coefficient (Wildman–Crippen LogP) is 1.80. The van der Waals surface area contributed by atoms with Gasteiger partial charge >= 0.3 is 11.9 Å². The van der Waals surface area contributed by atoms with Crippen LogP contribution in [0.25, 0.3) is 0 Å². The van der Waals surface area contributed by atoms with Crippen molar-refractivity contribution in [2.45, 2.75) is 13.2 Å². The molecule has 30 heavy (non-hydrogen) atoms. The molecule has 0 saturated heterocycles. The van der Waals surface area contributed by atoms with Gasteiger partial charge in [0.1, 0.15) is 13.2 Å². The zero-order valence-electron chi connectivity index (χ0n) is 16.5. The number of benzene rings is 1. The minimum absolute atomic E-state index is 0.00452. The van der Waals surface area contributed by atoms with Crippen molar-refractivity contribution in [3.63, 3.8) is 0 Å². The normalized spacial score (nSPS) is 10.5. The molecule has 154 valence electrons. The van der Waals surface area contributed by atoms with E-state index >= 15 is 0 Å². The van der Waals surface area contributed by atoms with Crippen molar-refractivity contribution in [2.24, 2.45) is 14.1 Å². The number of pyridine rings is 2. The highest BCUT2D eigenvalue weighted by Gasteiger charge is 2.11. The maximum absolute atomic E-state index is 12.1. The fourth-order valence-electron chi connectivity index (χ4n) is 2.62. The van der Waals surface area contributed by atoms with Gasteiger partial charge in [0, 0.05) is 38.6 Å². The van der Waals surface area contributed by atoms with Crippen LogP contribution < -0.4 is 11.1 Å². The summed E-state index contributed by atoms with van der Waals surface area (Å²) in [5.74, 6) is -1.20. The van der Waals surface area contributed by atoms with Crippen LogP contribution >= 0.6 is 0 Å². The van der Waals surface area contributed by atoms with Crippen molar-refractivity contribution in [3.05, 3.63) is 104 Å². The monoisotopic (exact) mass is 408 g/mol. The molecule has 0 N–H and O–H groups in total. The van der Waals surface area contributed by atoms with Crippen LogP contribution in [-0.4, -0.2) is 21.1 Å². The van der Waals surface area contributed by atoms with Crippen LogP contribution in [0.1, 0.15) is 31.8 Å². The number of ether oxygens (including phenoxy) is 2. The average Bonchev–Trinajstić information content (AvgIpc) is 2.74. The summed E-state index contributed by atoms with van der Waals surface area (Å²) in [6.07, 6.45) is 2.99. The van der Waals surface area contributed by atoms with E-state index in [0.717, 1.165) is 0 Å². The van der Waals surface area contributed by atoms with Crippen LogP contribution in [0.3, 0.4) is 0 Å². The van der Waals surface area contributed by atoms with E-state index in [4.69, 9.17) is 9.47 Å². The van der Waals surface area contributed by atoms with E-state index in [2.05, 4.69) is 0 Å². The van der Waals surface area contributed by atoms with Crippen molar-refractivity contribution in [2.75, 3.05) is 0 Å². The largest absolute Gasteiger partial charge is 0.457 e. The number of hydrogen-bond donors (Lipinski definition) is 0. The Hall–Kier alpha value is -3.94. The number of aryl methyl sites for hydroxylation is 2. The van der Waals surface area contributed by atoms with E-state index in [0.29, 0.717) is 11.1 Å².